The number of guanidine groups is 1. The minimum atomic E-state index is -0.214. The first-order chi connectivity index (χ1) is 14.6. The number of hydrogen-bond acceptors (Lipinski definition) is 3. The van der Waals surface area contributed by atoms with Crippen LogP contribution in [0.5, 0.6) is 5.75 Å². The molecule has 5 nitrogen and oxygen atoms in total. The smallest absolute Gasteiger partial charge is 0.193 e. The van der Waals surface area contributed by atoms with Gasteiger partial charge in [-0.1, -0.05) is 30.3 Å². The molecular formula is C24H32FN3O2. The van der Waals surface area contributed by atoms with E-state index in [4.69, 9.17) is 14.5 Å². The van der Waals surface area contributed by atoms with Gasteiger partial charge in [-0.2, -0.15) is 0 Å². The Bertz CT molecular complexity index is 833. The van der Waals surface area contributed by atoms with Crippen LogP contribution in [0.4, 0.5) is 4.39 Å². The van der Waals surface area contributed by atoms with Gasteiger partial charge < -0.3 is 19.7 Å². The number of aliphatic imine (C=N–C) groups is 1. The summed E-state index contributed by atoms with van der Waals surface area (Å²) in [6.45, 7) is 5.54. The topological polar surface area (TPSA) is 46.1 Å². The fourth-order valence-corrected chi connectivity index (χ4v) is 3.96. The van der Waals surface area contributed by atoms with E-state index in [-0.39, 0.29) is 11.2 Å². The molecule has 3 rings (SSSR count). The lowest BCUT2D eigenvalue weighted by atomic mass is 9.74. The second-order valence-corrected chi connectivity index (χ2v) is 7.74. The van der Waals surface area contributed by atoms with Crippen LogP contribution in [0, 0.1) is 5.82 Å². The highest BCUT2D eigenvalue weighted by atomic mass is 19.1. The summed E-state index contributed by atoms with van der Waals surface area (Å²) >= 11 is 0. The molecule has 0 spiro atoms. The Hall–Kier alpha value is -2.60. The van der Waals surface area contributed by atoms with Gasteiger partial charge in [0.25, 0.3) is 0 Å². The molecule has 0 aromatic heterocycles. The molecule has 0 radical (unpaired) electrons. The average Bonchev–Trinajstić information content (AvgIpc) is 2.78. The van der Waals surface area contributed by atoms with E-state index in [1.54, 1.807) is 7.11 Å². The number of benzene rings is 2. The number of ether oxygens (including phenoxy) is 2. The summed E-state index contributed by atoms with van der Waals surface area (Å²) < 4.78 is 24.6. The van der Waals surface area contributed by atoms with E-state index in [0.717, 1.165) is 42.2 Å². The van der Waals surface area contributed by atoms with Crippen molar-refractivity contribution in [3.63, 3.8) is 0 Å². The minimum Gasteiger partial charge on any atom is -0.496 e. The predicted molar refractivity (Wildman–Crippen MR) is 119 cm³/mol. The highest BCUT2D eigenvalue weighted by molar-refractivity contribution is 5.79. The van der Waals surface area contributed by atoms with Crippen LogP contribution in [0.3, 0.4) is 0 Å². The van der Waals surface area contributed by atoms with E-state index >= 15 is 0 Å². The zero-order valence-corrected chi connectivity index (χ0v) is 18.2. The minimum absolute atomic E-state index is 0.141. The lowest BCUT2D eigenvalue weighted by Crippen LogP contribution is -2.41. The second-order valence-electron chi connectivity index (χ2n) is 7.74. The van der Waals surface area contributed by atoms with E-state index in [1.807, 2.05) is 37.4 Å². The highest BCUT2D eigenvalue weighted by Gasteiger charge is 2.34. The van der Waals surface area contributed by atoms with Crippen LogP contribution in [0.15, 0.2) is 53.5 Å². The monoisotopic (exact) mass is 413 g/mol. The fourth-order valence-electron chi connectivity index (χ4n) is 3.96. The molecule has 0 unspecified atom stereocenters. The number of methoxy groups -OCH3 is 1. The molecule has 1 aliphatic rings. The molecule has 1 heterocycles. The summed E-state index contributed by atoms with van der Waals surface area (Å²) in [7, 11) is 3.72. The summed E-state index contributed by atoms with van der Waals surface area (Å²) in [5.74, 6) is 1.50. The fraction of sp³-hybridized carbons (Fsp3) is 0.458. The zero-order chi connectivity index (χ0) is 21.4. The molecule has 6 heteroatoms. The normalized spacial score (nSPS) is 16.2. The van der Waals surface area contributed by atoms with Gasteiger partial charge in [0.1, 0.15) is 11.6 Å². The first-order valence-electron chi connectivity index (χ1n) is 10.5. The molecule has 2 aromatic carbocycles. The van der Waals surface area contributed by atoms with E-state index in [2.05, 4.69) is 23.2 Å². The van der Waals surface area contributed by atoms with E-state index in [1.165, 1.54) is 12.1 Å². The maximum absolute atomic E-state index is 13.5. The van der Waals surface area contributed by atoms with Gasteiger partial charge in [-0.3, -0.25) is 4.99 Å². The number of para-hydroxylation sites is 1. The molecule has 1 N–H and O–H groups in total. The predicted octanol–water partition coefficient (Wildman–Crippen LogP) is 3.98. The summed E-state index contributed by atoms with van der Waals surface area (Å²) in [6, 6.07) is 14.9. The van der Waals surface area contributed by atoms with Gasteiger partial charge in [0, 0.05) is 44.3 Å². The maximum Gasteiger partial charge on any atom is 0.193 e. The molecule has 2 aromatic rings. The number of halogens is 1. The Morgan fingerprint density at radius 1 is 1.17 bits per heavy atom. The van der Waals surface area contributed by atoms with Crippen molar-refractivity contribution in [3.8, 4) is 5.75 Å². The Morgan fingerprint density at radius 2 is 1.87 bits per heavy atom. The molecule has 1 fully saturated rings. The first kappa shape index (κ1) is 22.1. The largest absolute Gasteiger partial charge is 0.496 e. The molecule has 0 amide bonds. The summed E-state index contributed by atoms with van der Waals surface area (Å²) in [4.78, 5) is 7.11. The number of nitrogens with one attached hydrogen (secondary N) is 1. The standard InChI is InChI=1S/C24H32FN3O2/c1-4-26-23(28(2)17-19-7-5-6-8-22(19)29-3)27-18-24(13-15-30-16-14-24)20-9-11-21(25)12-10-20/h5-12H,4,13-18H2,1-3H3,(H,26,27). The molecule has 0 saturated carbocycles. The summed E-state index contributed by atoms with van der Waals surface area (Å²) in [5, 5.41) is 3.40. The molecular weight excluding hydrogens is 381 g/mol. The average molecular weight is 414 g/mol. The van der Waals surface area contributed by atoms with Gasteiger partial charge in [0.05, 0.1) is 13.7 Å². The van der Waals surface area contributed by atoms with Gasteiger partial charge in [-0.05, 0) is 43.5 Å². The first-order valence-corrected chi connectivity index (χ1v) is 10.5. The van der Waals surface area contributed by atoms with Crippen LogP contribution in [0.2, 0.25) is 0 Å². The molecule has 0 bridgehead atoms. The second kappa shape index (κ2) is 10.4. The number of hydrogen-bond donors (Lipinski definition) is 1. The Morgan fingerprint density at radius 3 is 2.53 bits per heavy atom. The van der Waals surface area contributed by atoms with Gasteiger partial charge in [-0.15, -0.1) is 0 Å². The summed E-state index contributed by atoms with van der Waals surface area (Å²) in [6.07, 6.45) is 1.75. The number of nitrogens with zero attached hydrogens (tertiary/aromatic N) is 2. The van der Waals surface area contributed by atoms with Crippen molar-refractivity contribution in [2.45, 2.75) is 31.7 Å². The lowest BCUT2D eigenvalue weighted by Gasteiger charge is -2.37. The third-order valence-corrected chi connectivity index (χ3v) is 5.73. The van der Waals surface area contributed by atoms with Crippen LogP contribution in [0.1, 0.15) is 30.9 Å². The Balaban J connectivity index is 1.82. The van der Waals surface area contributed by atoms with Crippen LogP contribution >= 0.6 is 0 Å². The van der Waals surface area contributed by atoms with Gasteiger partial charge in [-0.25, -0.2) is 4.39 Å². The molecule has 30 heavy (non-hydrogen) atoms. The molecule has 162 valence electrons. The van der Waals surface area contributed by atoms with Crippen LogP contribution in [-0.4, -0.2) is 51.3 Å². The van der Waals surface area contributed by atoms with Crippen LogP contribution < -0.4 is 10.1 Å². The third kappa shape index (κ3) is 5.30. The maximum atomic E-state index is 13.5. The molecule has 1 aliphatic heterocycles. The highest BCUT2D eigenvalue weighted by Crippen LogP contribution is 2.35. The summed E-state index contributed by atoms with van der Waals surface area (Å²) in [5.41, 5.74) is 2.09. The van der Waals surface area contributed by atoms with Crippen LogP contribution in [-0.2, 0) is 16.7 Å². The van der Waals surface area contributed by atoms with Crippen molar-refractivity contribution < 1.29 is 13.9 Å². The molecule has 0 aliphatic carbocycles. The van der Waals surface area contributed by atoms with E-state index in [0.29, 0.717) is 26.3 Å². The van der Waals surface area contributed by atoms with Crippen molar-refractivity contribution in [1.82, 2.24) is 10.2 Å². The van der Waals surface area contributed by atoms with Gasteiger partial charge in [0.15, 0.2) is 5.96 Å². The third-order valence-electron chi connectivity index (χ3n) is 5.73. The molecule has 1 saturated heterocycles. The van der Waals surface area contributed by atoms with Crippen molar-refractivity contribution in [2.75, 3.05) is 40.5 Å². The van der Waals surface area contributed by atoms with Crippen molar-refractivity contribution in [3.05, 3.63) is 65.5 Å². The van der Waals surface area contributed by atoms with E-state index < -0.39 is 0 Å². The Kier molecular flexibility index (Phi) is 7.69. The zero-order valence-electron chi connectivity index (χ0n) is 18.2. The van der Waals surface area contributed by atoms with Crippen molar-refractivity contribution in [1.29, 1.82) is 0 Å². The SMILES string of the molecule is CCNC(=NCC1(c2ccc(F)cc2)CCOCC1)N(C)Cc1ccccc1OC. The van der Waals surface area contributed by atoms with Gasteiger partial charge in [0.2, 0.25) is 0 Å². The number of rotatable bonds is 7. The van der Waals surface area contributed by atoms with Gasteiger partial charge >= 0.3 is 0 Å². The van der Waals surface area contributed by atoms with E-state index in [9.17, 15) is 4.39 Å². The van der Waals surface area contributed by atoms with Crippen molar-refractivity contribution >= 4 is 5.96 Å². The Labute approximate surface area is 178 Å². The quantitative estimate of drug-likeness (QED) is 0.551. The van der Waals surface area contributed by atoms with Crippen LogP contribution in [0.25, 0.3) is 0 Å². The van der Waals surface area contributed by atoms with Crippen molar-refractivity contribution in [2.24, 2.45) is 4.99 Å². The lowest BCUT2D eigenvalue weighted by molar-refractivity contribution is 0.0530. The molecule has 0 atom stereocenters.